The minimum Gasteiger partial charge on any atom is -0.463 e. The Labute approximate surface area is 191 Å². The molecule has 2 rings (SSSR count). The van der Waals surface area contributed by atoms with Crippen LogP contribution in [0.5, 0.6) is 0 Å². The lowest BCUT2D eigenvalue weighted by Gasteiger charge is -2.41. The predicted octanol–water partition coefficient (Wildman–Crippen LogP) is 4.64. The fraction of sp³-hybridized carbons (Fsp3) is 0.923. The van der Waals surface area contributed by atoms with Crippen LogP contribution in [0.15, 0.2) is 0 Å². The molecule has 0 N–H and O–H groups in total. The summed E-state index contributed by atoms with van der Waals surface area (Å²) in [6, 6.07) is 0.889. The van der Waals surface area contributed by atoms with E-state index in [0.717, 1.165) is 25.9 Å². The van der Waals surface area contributed by atoms with E-state index in [-0.39, 0.29) is 23.7 Å². The Kier molecular flexibility index (Phi) is 9.57. The number of nitrogens with zero attached hydrogens (tertiary/aromatic N) is 2. The second-order valence-corrected chi connectivity index (χ2v) is 11.3. The van der Waals surface area contributed by atoms with Gasteiger partial charge in [-0.05, 0) is 90.8 Å². The van der Waals surface area contributed by atoms with Gasteiger partial charge in [0, 0.05) is 24.5 Å². The van der Waals surface area contributed by atoms with Crippen molar-refractivity contribution in [1.29, 1.82) is 0 Å². The predicted molar refractivity (Wildman–Crippen MR) is 127 cm³/mol. The first kappa shape index (κ1) is 26.3. The molecule has 0 unspecified atom stereocenters. The number of hydrogen-bond donors (Lipinski definition) is 0. The maximum absolute atomic E-state index is 13.1. The van der Waals surface area contributed by atoms with Crippen molar-refractivity contribution in [3.8, 4) is 0 Å². The summed E-state index contributed by atoms with van der Waals surface area (Å²) in [6.45, 7) is 14.7. The van der Waals surface area contributed by atoms with Crippen LogP contribution in [0.25, 0.3) is 0 Å². The Morgan fingerprint density at radius 1 is 1.03 bits per heavy atom. The van der Waals surface area contributed by atoms with Crippen molar-refractivity contribution in [2.24, 2.45) is 29.1 Å². The molecule has 1 saturated heterocycles. The van der Waals surface area contributed by atoms with Gasteiger partial charge >= 0.3 is 5.97 Å². The van der Waals surface area contributed by atoms with E-state index in [1.165, 1.54) is 25.7 Å². The number of hydrogen-bond acceptors (Lipinski definition) is 5. The molecule has 1 heterocycles. The van der Waals surface area contributed by atoms with Gasteiger partial charge in [-0.2, -0.15) is 0 Å². The van der Waals surface area contributed by atoms with Crippen molar-refractivity contribution >= 4 is 11.8 Å². The smallest absolute Gasteiger partial charge is 0.319 e. The molecule has 4 atom stereocenters. The number of ketones is 1. The van der Waals surface area contributed by atoms with E-state index in [1.54, 1.807) is 13.8 Å². The molecular formula is C26H48N2O3. The van der Waals surface area contributed by atoms with Gasteiger partial charge in [-0.15, -0.1) is 0 Å². The Morgan fingerprint density at radius 2 is 1.65 bits per heavy atom. The molecule has 180 valence electrons. The van der Waals surface area contributed by atoms with E-state index in [4.69, 9.17) is 4.74 Å². The summed E-state index contributed by atoms with van der Waals surface area (Å²) in [4.78, 5) is 31.0. The van der Waals surface area contributed by atoms with Crippen molar-refractivity contribution in [1.82, 2.24) is 9.80 Å². The Balaban J connectivity index is 2.19. The minimum atomic E-state index is -1.08. The molecule has 31 heavy (non-hydrogen) atoms. The van der Waals surface area contributed by atoms with Gasteiger partial charge in [0.25, 0.3) is 0 Å². The zero-order valence-corrected chi connectivity index (χ0v) is 21.4. The van der Waals surface area contributed by atoms with E-state index in [9.17, 15) is 9.59 Å². The lowest BCUT2D eigenvalue weighted by Crippen LogP contribution is -2.47. The van der Waals surface area contributed by atoms with Crippen LogP contribution in [-0.2, 0) is 14.3 Å². The molecule has 0 bridgehead atoms. The van der Waals surface area contributed by atoms with Crippen molar-refractivity contribution < 1.29 is 14.3 Å². The molecule has 0 aromatic carbocycles. The largest absolute Gasteiger partial charge is 0.463 e. The molecule has 0 aromatic rings. The fourth-order valence-corrected chi connectivity index (χ4v) is 6.06. The molecule has 2 fully saturated rings. The second-order valence-electron chi connectivity index (χ2n) is 11.3. The number of likely N-dealkylation sites (N-methyl/N-ethyl adjacent to an activating group) is 1. The van der Waals surface area contributed by atoms with Gasteiger partial charge in [0.15, 0.2) is 5.78 Å². The van der Waals surface area contributed by atoms with Gasteiger partial charge in [-0.3, -0.25) is 14.5 Å². The van der Waals surface area contributed by atoms with Crippen molar-refractivity contribution in [3.05, 3.63) is 0 Å². The summed E-state index contributed by atoms with van der Waals surface area (Å²) in [7, 11) is 4.42. The maximum atomic E-state index is 13.1. The van der Waals surface area contributed by atoms with Crippen LogP contribution < -0.4 is 0 Å². The SMILES string of the molecule is CCN(C)C1CCC([C@H]2COC(=O)C(C)(C)C(=O)[C@H](C)C[C@H](C)C[C@@H](C)CN2C)CC1. The van der Waals surface area contributed by atoms with Gasteiger partial charge in [0.1, 0.15) is 12.0 Å². The fourth-order valence-electron chi connectivity index (χ4n) is 6.06. The van der Waals surface area contributed by atoms with E-state index >= 15 is 0 Å². The zero-order valence-electron chi connectivity index (χ0n) is 21.4. The molecule has 5 heteroatoms. The number of carbonyl (C=O) groups excluding carboxylic acids is 2. The number of cyclic esters (lactones) is 1. The minimum absolute atomic E-state index is 0.0178. The molecule has 1 aliphatic carbocycles. The first-order valence-corrected chi connectivity index (χ1v) is 12.6. The molecule has 0 amide bonds. The average Bonchev–Trinajstić information content (AvgIpc) is 2.72. The Bertz CT molecular complexity index is 597. The normalized spacial score (nSPS) is 36.9. The number of rotatable bonds is 3. The highest BCUT2D eigenvalue weighted by Gasteiger charge is 2.41. The maximum Gasteiger partial charge on any atom is 0.319 e. The van der Waals surface area contributed by atoms with Crippen LogP contribution in [-0.4, -0.2) is 67.4 Å². The highest BCUT2D eigenvalue weighted by molar-refractivity contribution is 6.03. The first-order chi connectivity index (χ1) is 14.5. The summed E-state index contributed by atoms with van der Waals surface area (Å²) in [5, 5.41) is 0. The number of esters is 1. The summed E-state index contributed by atoms with van der Waals surface area (Å²) < 4.78 is 5.87. The van der Waals surface area contributed by atoms with E-state index in [2.05, 4.69) is 44.7 Å². The third-order valence-electron chi connectivity index (χ3n) is 8.09. The summed E-state index contributed by atoms with van der Waals surface area (Å²) in [5.41, 5.74) is -1.08. The van der Waals surface area contributed by atoms with E-state index in [1.807, 2.05) is 6.92 Å². The summed E-state index contributed by atoms with van der Waals surface area (Å²) >= 11 is 0. The molecule has 2 aliphatic rings. The molecule has 0 radical (unpaired) electrons. The van der Waals surface area contributed by atoms with Crippen LogP contribution >= 0.6 is 0 Å². The third kappa shape index (κ3) is 6.77. The van der Waals surface area contributed by atoms with E-state index < -0.39 is 5.41 Å². The Morgan fingerprint density at radius 3 is 2.23 bits per heavy atom. The second kappa shape index (κ2) is 11.3. The van der Waals surface area contributed by atoms with Gasteiger partial charge in [0.05, 0.1) is 0 Å². The topological polar surface area (TPSA) is 49.9 Å². The van der Waals surface area contributed by atoms with Crippen LogP contribution in [0.1, 0.15) is 80.1 Å². The standard InChI is InChI=1S/C26H48N2O3/c1-9-27(7)22-12-10-21(11-13-22)23-17-31-25(30)26(5,6)24(29)20(4)15-18(2)14-19(3)16-28(23)8/h18-23H,9-17H2,1-8H3/t18-,19-,20-,21?,22?,23-/m1/s1. The van der Waals surface area contributed by atoms with Crippen LogP contribution in [0.3, 0.4) is 0 Å². The van der Waals surface area contributed by atoms with Crippen LogP contribution in [0, 0.1) is 29.1 Å². The molecule has 1 saturated carbocycles. The molecule has 0 spiro atoms. The van der Waals surface area contributed by atoms with Crippen molar-refractivity contribution in [2.75, 3.05) is 33.8 Å². The van der Waals surface area contributed by atoms with Gasteiger partial charge in [-0.1, -0.05) is 27.7 Å². The van der Waals surface area contributed by atoms with E-state index in [0.29, 0.717) is 30.4 Å². The van der Waals surface area contributed by atoms with Gasteiger partial charge in [-0.25, -0.2) is 0 Å². The molecule has 5 nitrogen and oxygen atoms in total. The summed E-state index contributed by atoms with van der Waals surface area (Å²) in [6.07, 6.45) is 6.71. The monoisotopic (exact) mass is 436 g/mol. The first-order valence-electron chi connectivity index (χ1n) is 12.6. The number of Topliss-reactive ketones (excluding diaryl/α,β-unsaturated/α-hetero) is 1. The van der Waals surface area contributed by atoms with Crippen molar-refractivity contribution in [3.63, 3.8) is 0 Å². The number of carbonyl (C=O) groups is 2. The quantitative estimate of drug-likeness (QED) is 0.477. The zero-order chi connectivity index (χ0) is 23.3. The molecule has 1 aliphatic heterocycles. The van der Waals surface area contributed by atoms with Gasteiger partial charge in [0.2, 0.25) is 0 Å². The lowest BCUT2D eigenvalue weighted by molar-refractivity contribution is -0.161. The highest BCUT2D eigenvalue weighted by atomic mass is 16.5. The molecular weight excluding hydrogens is 388 g/mol. The Hall–Kier alpha value is -0.940. The van der Waals surface area contributed by atoms with Crippen molar-refractivity contribution in [2.45, 2.75) is 92.2 Å². The lowest BCUT2D eigenvalue weighted by atomic mass is 9.78. The molecule has 0 aromatic heterocycles. The highest BCUT2D eigenvalue weighted by Crippen LogP contribution is 2.34. The summed E-state index contributed by atoms with van der Waals surface area (Å²) in [5.74, 6) is 1.09. The third-order valence-corrected chi connectivity index (χ3v) is 8.09. The number of ether oxygens (including phenoxy) is 1. The van der Waals surface area contributed by atoms with Crippen LogP contribution in [0.4, 0.5) is 0 Å². The van der Waals surface area contributed by atoms with Gasteiger partial charge < -0.3 is 9.64 Å². The van der Waals surface area contributed by atoms with Crippen LogP contribution in [0.2, 0.25) is 0 Å². The average molecular weight is 437 g/mol.